The van der Waals surface area contributed by atoms with E-state index < -0.39 is 0 Å². The summed E-state index contributed by atoms with van der Waals surface area (Å²) < 4.78 is 2.49. The monoisotopic (exact) mass is 435 g/mol. The predicted molar refractivity (Wildman–Crippen MR) is 139 cm³/mol. The Labute approximate surface area is 175 Å². The van der Waals surface area contributed by atoms with Gasteiger partial charge in [0.25, 0.3) is 0 Å². The van der Waals surface area contributed by atoms with Crippen LogP contribution in [0.4, 0.5) is 0 Å². The molecule has 0 saturated heterocycles. The molecule has 0 aliphatic rings. The molecule has 0 radical (unpaired) electrons. The second kappa shape index (κ2) is 14.4. The van der Waals surface area contributed by atoms with Gasteiger partial charge in [-0.1, -0.05) is 40.0 Å². The third-order valence-electron chi connectivity index (χ3n) is 5.17. The zero-order valence-corrected chi connectivity index (χ0v) is 22.2. The van der Waals surface area contributed by atoms with Gasteiger partial charge in [-0.2, -0.15) is 0 Å². The van der Waals surface area contributed by atoms with Crippen LogP contribution in [0.1, 0.15) is 59.3 Å². The van der Waals surface area contributed by atoms with Crippen LogP contribution in [0.3, 0.4) is 0 Å². The van der Waals surface area contributed by atoms with Crippen molar-refractivity contribution in [2.24, 2.45) is 0 Å². The normalized spacial score (nSPS) is 16.0. The highest BCUT2D eigenvalue weighted by Crippen LogP contribution is 2.36. The van der Waals surface area contributed by atoms with Crippen molar-refractivity contribution in [2.75, 3.05) is 65.2 Å². The van der Waals surface area contributed by atoms with Gasteiger partial charge in [0, 0.05) is 0 Å². The van der Waals surface area contributed by atoms with Crippen molar-refractivity contribution in [3.05, 3.63) is 0 Å². The Hall–Kier alpha value is 0.430. The fourth-order valence-electron chi connectivity index (χ4n) is 4.28. The summed E-state index contributed by atoms with van der Waals surface area (Å²) >= 11 is 0. The van der Waals surface area contributed by atoms with E-state index in [1.54, 1.807) is 0 Å². The molecule has 0 aromatic rings. The Morgan fingerprint density at radius 1 is 0.630 bits per heavy atom. The van der Waals surface area contributed by atoms with E-state index in [1.165, 1.54) is 87.8 Å². The van der Waals surface area contributed by atoms with Crippen molar-refractivity contribution in [3.63, 3.8) is 0 Å². The van der Waals surface area contributed by atoms with Crippen molar-refractivity contribution in [2.45, 2.75) is 59.3 Å². The second-order valence-electron chi connectivity index (χ2n) is 9.14. The standard InChI is InChI=1S/C22H50N2P3/c1-10-13-16-24(17-14-11-2,18-15-12-3)22-27(9)21-23(4,19-25(5)6)20-26(7)8/h5,7,9-22H2,1-4,6,8H3/q+5. The van der Waals surface area contributed by atoms with E-state index in [-0.39, 0.29) is 22.6 Å². The smallest absolute Gasteiger partial charge is 0.240 e. The lowest BCUT2D eigenvalue weighted by Crippen LogP contribution is -2.51. The fourth-order valence-corrected chi connectivity index (χ4v) is 10.0. The molecule has 0 bridgehead atoms. The molecule has 0 aliphatic carbocycles. The molecule has 0 aliphatic heterocycles. The quantitative estimate of drug-likeness (QED) is 0.181. The van der Waals surface area contributed by atoms with Gasteiger partial charge in [-0.05, 0) is 19.3 Å². The predicted octanol–water partition coefficient (Wildman–Crippen LogP) is 6.48. The minimum Gasteiger partial charge on any atom is -0.286 e. The summed E-state index contributed by atoms with van der Waals surface area (Å²) in [5, 5.41) is 0. The molecule has 0 heterocycles. The zero-order valence-electron chi connectivity index (χ0n) is 19.5. The molecule has 0 aromatic heterocycles. The van der Waals surface area contributed by atoms with Crippen molar-refractivity contribution in [1.82, 2.24) is 0 Å². The van der Waals surface area contributed by atoms with Crippen LogP contribution in [0.25, 0.3) is 0 Å². The van der Waals surface area contributed by atoms with Crippen molar-refractivity contribution in [1.29, 1.82) is 0 Å². The van der Waals surface area contributed by atoms with Crippen LogP contribution in [0, 0.1) is 0 Å². The first-order chi connectivity index (χ1) is 12.6. The summed E-state index contributed by atoms with van der Waals surface area (Å²) in [6.45, 7) is 15.7. The third-order valence-corrected chi connectivity index (χ3v) is 9.58. The Morgan fingerprint density at radius 3 is 1.30 bits per heavy atom. The number of nitrogens with zero attached hydrogens (tertiary/aromatic N) is 2. The highest BCUT2D eigenvalue weighted by Gasteiger charge is 2.39. The van der Waals surface area contributed by atoms with Crippen molar-refractivity contribution in [3.8, 4) is 0 Å². The van der Waals surface area contributed by atoms with Crippen LogP contribution in [0.15, 0.2) is 0 Å². The molecule has 3 atom stereocenters. The molecule has 0 rings (SSSR count). The first-order valence-corrected chi connectivity index (χ1v) is 17.1. The van der Waals surface area contributed by atoms with Gasteiger partial charge in [0.15, 0.2) is 0 Å². The molecule has 2 nitrogen and oxygen atoms in total. The fraction of sp³-hybridized carbons (Fsp3) is 0.864. The van der Waals surface area contributed by atoms with E-state index in [0.29, 0.717) is 0 Å². The SMILES string of the molecule is C=[P+](C)C[N+](C)(C[P+](=C)C)C[P+](=C)C[N+](CCCC)(CCCC)CCCC. The van der Waals surface area contributed by atoms with Crippen molar-refractivity contribution >= 4 is 41.5 Å². The van der Waals surface area contributed by atoms with Crippen LogP contribution >= 0.6 is 22.6 Å². The topological polar surface area (TPSA) is 0 Å². The van der Waals surface area contributed by atoms with Gasteiger partial charge in [0.2, 0.25) is 32.7 Å². The minimum atomic E-state index is -0.208. The van der Waals surface area contributed by atoms with Crippen LogP contribution in [0.2, 0.25) is 0 Å². The van der Waals surface area contributed by atoms with Gasteiger partial charge in [-0.3, -0.25) is 4.48 Å². The van der Waals surface area contributed by atoms with E-state index >= 15 is 0 Å². The summed E-state index contributed by atoms with van der Waals surface area (Å²) in [5.74, 6) is 0. The van der Waals surface area contributed by atoms with Gasteiger partial charge >= 0.3 is 0 Å². The summed E-state index contributed by atoms with van der Waals surface area (Å²) in [6, 6.07) is 0. The van der Waals surface area contributed by atoms with Gasteiger partial charge < -0.3 is 0 Å². The first-order valence-electron chi connectivity index (χ1n) is 10.9. The molecule has 158 valence electrons. The molecule has 27 heavy (non-hydrogen) atoms. The second-order valence-corrected chi connectivity index (χ2v) is 15.0. The minimum absolute atomic E-state index is 0.129. The molecule has 3 unspecified atom stereocenters. The van der Waals surface area contributed by atoms with E-state index in [0.717, 1.165) is 4.48 Å². The van der Waals surface area contributed by atoms with E-state index in [4.69, 9.17) is 6.30 Å². The number of hydrogen-bond donors (Lipinski definition) is 0. The maximum Gasteiger partial charge on any atom is 0.240 e. The molecule has 0 saturated carbocycles. The van der Waals surface area contributed by atoms with Crippen molar-refractivity contribution < 1.29 is 8.97 Å². The van der Waals surface area contributed by atoms with E-state index in [1.807, 2.05) is 0 Å². The molecule has 0 aromatic carbocycles. The average Bonchev–Trinajstić information content (AvgIpc) is 2.53. The largest absolute Gasteiger partial charge is 0.286 e. The van der Waals surface area contributed by atoms with E-state index in [2.05, 4.69) is 53.7 Å². The van der Waals surface area contributed by atoms with Gasteiger partial charge in [-0.25, -0.2) is 4.48 Å². The lowest BCUT2D eigenvalue weighted by molar-refractivity contribution is -0.919. The molecule has 5 heteroatoms. The lowest BCUT2D eigenvalue weighted by atomic mass is 10.2. The van der Waals surface area contributed by atoms with E-state index in [9.17, 15) is 0 Å². The molecule has 0 fully saturated rings. The Morgan fingerprint density at radius 2 is 1.00 bits per heavy atom. The van der Waals surface area contributed by atoms with Gasteiger partial charge in [0.1, 0.15) is 28.4 Å². The first kappa shape index (κ1) is 27.4. The summed E-state index contributed by atoms with van der Waals surface area (Å²) in [4.78, 5) is 0. The summed E-state index contributed by atoms with van der Waals surface area (Å²) in [7, 11) is 1.99. The molecular formula is C22H50N2P3+5. The van der Waals surface area contributed by atoms with Gasteiger partial charge in [-0.15, -0.1) is 0 Å². The lowest BCUT2D eigenvalue weighted by Gasteiger charge is -2.37. The Kier molecular flexibility index (Phi) is 14.6. The molecular weight excluding hydrogens is 385 g/mol. The zero-order chi connectivity index (χ0) is 20.9. The average molecular weight is 436 g/mol. The number of unbranched alkanes of at least 4 members (excludes halogenated alkanes) is 3. The molecule has 0 amide bonds. The molecule has 0 N–H and O–H groups in total. The maximum absolute atomic E-state index is 4.75. The molecule has 0 spiro atoms. The Balaban J connectivity index is 5.35. The number of hydrogen-bond acceptors (Lipinski definition) is 0. The van der Waals surface area contributed by atoms with Crippen LogP contribution in [-0.4, -0.2) is 93.0 Å². The number of quaternary nitrogens is 2. The maximum atomic E-state index is 4.75. The van der Waals surface area contributed by atoms with Crippen LogP contribution < -0.4 is 0 Å². The highest BCUT2D eigenvalue weighted by atomic mass is 31.1. The van der Waals surface area contributed by atoms with Gasteiger partial charge in [0.05, 0.1) is 45.6 Å². The Bertz CT molecular complexity index is 436. The summed E-state index contributed by atoms with van der Waals surface area (Å²) in [6.07, 6.45) is 26.5. The number of rotatable bonds is 17. The van der Waals surface area contributed by atoms with Crippen LogP contribution in [0.5, 0.6) is 0 Å². The van der Waals surface area contributed by atoms with Crippen LogP contribution in [-0.2, 0) is 0 Å². The summed E-state index contributed by atoms with van der Waals surface area (Å²) in [5.41, 5.74) is 0. The highest BCUT2D eigenvalue weighted by molar-refractivity contribution is 7.56. The third kappa shape index (κ3) is 12.6.